The van der Waals surface area contributed by atoms with Gasteiger partial charge in [-0.15, -0.1) is 0 Å². The van der Waals surface area contributed by atoms with Crippen LogP contribution in [0.25, 0.3) is 0 Å². The van der Waals surface area contributed by atoms with Crippen LogP contribution in [0.15, 0.2) is 48.5 Å². The van der Waals surface area contributed by atoms with Crippen LogP contribution < -0.4 is 5.32 Å². The lowest BCUT2D eigenvalue weighted by Crippen LogP contribution is -2.48. The molecule has 0 aliphatic carbocycles. The van der Waals surface area contributed by atoms with Crippen LogP contribution in [0.3, 0.4) is 0 Å². The number of nitrogens with one attached hydrogen (secondary N) is 1. The lowest BCUT2D eigenvalue weighted by Gasteiger charge is -2.29. The second-order valence-electron chi connectivity index (χ2n) is 6.42. The van der Waals surface area contributed by atoms with Crippen molar-refractivity contribution in [3.63, 3.8) is 0 Å². The predicted octanol–water partition coefficient (Wildman–Crippen LogP) is 3.97. The number of carbonyl (C=O) groups is 2. The highest BCUT2D eigenvalue weighted by Gasteiger charge is 2.26. The van der Waals surface area contributed by atoms with Crippen LogP contribution in [0.1, 0.15) is 31.4 Å². The first kappa shape index (κ1) is 20.9. The third kappa shape index (κ3) is 6.36. The number of halogens is 2. The zero-order valence-corrected chi connectivity index (χ0v) is 16.3. The van der Waals surface area contributed by atoms with Gasteiger partial charge in [0.05, 0.1) is 6.42 Å². The Labute approximate surface area is 164 Å². The Hall–Kier alpha value is -2.40. The van der Waals surface area contributed by atoms with Crippen LogP contribution in [-0.4, -0.2) is 29.3 Å². The minimum absolute atomic E-state index is 0.0895. The van der Waals surface area contributed by atoms with Crippen LogP contribution >= 0.6 is 11.6 Å². The van der Waals surface area contributed by atoms with E-state index in [2.05, 4.69) is 5.32 Å². The molecule has 0 heterocycles. The lowest BCUT2D eigenvalue weighted by molar-refractivity contribution is -0.140. The van der Waals surface area contributed by atoms with Gasteiger partial charge in [-0.1, -0.05) is 42.8 Å². The molecule has 1 atom stereocenters. The maximum Gasteiger partial charge on any atom is 0.242 e. The van der Waals surface area contributed by atoms with Gasteiger partial charge in [-0.05, 0) is 48.7 Å². The molecule has 0 spiro atoms. The van der Waals surface area contributed by atoms with E-state index in [1.165, 1.54) is 17.0 Å². The van der Waals surface area contributed by atoms with Gasteiger partial charge >= 0.3 is 0 Å². The van der Waals surface area contributed by atoms with E-state index in [4.69, 9.17) is 11.6 Å². The number of nitrogens with zero attached hydrogens (tertiary/aromatic N) is 1. The first-order valence-electron chi connectivity index (χ1n) is 8.96. The Balaban J connectivity index is 2.20. The van der Waals surface area contributed by atoms with Crippen LogP contribution in [-0.2, 0) is 22.6 Å². The molecule has 2 amide bonds. The molecule has 144 valence electrons. The number of hydrogen-bond acceptors (Lipinski definition) is 2. The molecular weight excluding hydrogens is 367 g/mol. The van der Waals surface area contributed by atoms with Crippen molar-refractivity contribution in [2.24, 2.45) is 0 Å². The molecule has 2 rings (SSSR count). The Morgan fingerprint density at radius 1 is 1.15 bits per heavy atom. The number of hydrogen-bond donors (Lipinski definition) is 1. The van der Waals surface area contributed by atoms with Crippen molar-refractivity contribution < 1.29 is 14.0 Å². The van der Waals surface area contributed by atoms with Gasteiger partial charge in [0.2, 0.25) is 11.8 Å². The van der Waals surface area contributed by atoms with Crippen LogP contribution in [0.5, 0.6) is 0 Å². The topological polar surface area (TPSA) is 49.4 Å². The minimum Gasteiger partial charge on any atom is -0.354 e. The van der Waals surface area contributed by atoms with Gasteiger partial charge in [0.1, 0.15) is 11.9 Å². The fourth-order valence-electron chi connectivity index (χ4n) is 2.69. The smallest absolute Gasteiger partial charge is 0.242 e. The van der Waals surface area contributed by atoms with E-state index in [1.807, 2.05) is 19.1 Å². The van der Waals surface area contributed by atoms with Gasteiger partial charge in [0.25, 0.3) is 0 Å². The molecule has 2 aromatic rings. The van der Waals surface area contributed by atoms with Crippen molar-refractivity contribution in [3.05, 3.63) is 70.5 Å². The molecule has 0 aliphatic heterocycles. The summed E-state index contributed by atoms with van der Waals surface area (Å²) in [4.78, 5) is 26.9. The SMILES string of the molecule is CCCNC(=O)C(C)N(Cc1cccc(Cl)c1)C(=O)Cc1ccc(F)cc1. The van der Waals surface area contributed by atoms with Crippen molar-refractivity contribution in [1.29, 1.82) is 0 Å². The summed E-state index contributed by atoms with van der Waals surface area (Å²) in [7, 11) is 0. The van der Waals surface area contributed by atoms with E-state index >= 15 is 0 Å². The second-order valence-corrected chi connectivity index (χ2v) is 6.86. The third-order valence-electron chi connectivity index (χ3n) is 4.23. The highest BCUT2D eigenvalue weighted by atomic mass is 35.5. The highest BCUT2D eigenvalue weighted by Crippen LogP contribution is 2.16. The van der Waals surface area contributed by atoms with Gasteiger partial charge in [0, 0.05) is 18.1 Å². The van der Waals surface area contributed by atoms with Gasteiger partial charge in [-0.3, -0.25) is 9.59 Å². The zero-order valence-electron chi connectivity index (χ0n) is 15.5. The highest BCUT2D eigenvalue weighted by molar-refractivity contribution is 6.30. The van der Waals surface area contributed by atoms with E-state index in [1.54, 1.807) is 31.2 Å². The van der Waals surface area contributed by atoms with Gasteiger partial charge < -0.3 is 10.2 Å². The summed E-state index contributed by atoms with van der Waals surface area (Å²) >= 11 is 6.04. The number of carbonyl (C=O) groups excluding carboxylic acids is 2. The molecule has 0 aromatic heterocycles. The summed E-state index contributed by atoms with van der Waals surface area (Å²) in [5, 5.41) is 3.40. The van der Waals surface area contributed by atoms with Gasteiger partial charge in [0.15, 0.2) is 0 Å². The fourth-order valence-corrected chi connectivity index (χ4v) is 2.90. The van der Waals surface area contributed by atoms with E-state index in [0.29, 0.717) is 17.1 Å². The van der Waals surface area contributed by atoms with E-state index in [9.17, 15) is 14.0 Å². The van der Waals surface area contributed by atoms with E-state index < -0.39 is 6.04 Å². The standard InChI is InChI=1S/C21H24ClFN2O2/c1-3-11-24-21(27)15(2)25(14-17-5-4-6-18(22)12-17)20(26)13-16-7-9-19(23)10-8-16/h4-10,12,15H,3,11,13-14H2,1-2H3,(H,24,27). The normalized spacial score (nSPS) is 11.7. The summed E-state index contributed by atoms with van der Waals surface area (Å²) in [6.45, 7) is 4.49. The molecule has 2 aromatic carbocycles. The molecule has 0 saturated heterocycles. The summed E-state index contributed by atoms with van der Waals surface area (Å²) in [6, 6.07) is 12.4. The molecular formula is C21H24ClFN2O2. The van der Waals surface area contributed by atoms with Crippen molar-refractivity contribution in [2.45, 2.75) is 39.3 Å². The molecule has 0 aliphatic rings. The maximum atomic E-state index is 13.1. The van der Waals surface area contributed by atoms with Crippen molar-refractivity contribution in [2.75, 3.05) is 6.54 Å². The molecule has 4 nitrogen and oxygen atoms in total. The first-order chi connectivity index (χ1) is 12.9. The summed E-state index contributed by atoms with van der Waals surface area (Å²) in [5.41, 5.74) is 1.53. The molecule has 0 bridgehead atoms. The fraction of sp³-hybridized carbons (Fsp3) is 0.333. The van der Waals surface area contributed by atoms with Crippen molar-refractivity contribution >= 4 is 23.4 Å². The maximum absolute atomic E-state index is 13.1. The minimum atomic E-state index is -0.636. The van der Waals surface area contributed by atoms with E-state index in [-0.39, 0.29) is 30.6 Å². The number of benzene rings is 2. The quantitative estimate of drug-likeness (QED) is 0.741. The molecule has 0 radical (unpaired) electrons. The average molecular weight is 391 g/mol. The van der Waals surface area contributed by atoms with Crippen molar-refractivity contribution in [3.8, 4) is 0 Å². The van der Waals surface area contributed by atoms with Gasteiger partial charge in [-0.2, -0.15) is 0 Å². The lowest BCUT2D eigenvalue weighted by atomic mass is 10.1. The molecule has 1 unspecified atom stereocenters. The molecule has 27 heavy (non-hydrogen) atoms. The van der Waals surface area contributed by atoms with Gasteiger partial charge in [-0.25, -0.2) is 4.39 Å². The van der Waals surface area contributed by atoms with Crippen LogP contribution in [0, 0.1) is 5.82 Å². The van der Waals surface area contributed by atoms with Crippen LogP contribution in [0.4, 0.5) is 4.39 Å². The first-order valence-corrected chi connectivity index (χ1v) is 9.34. The van der Waals surface area contributed by atoms with E-state index in [0.717, 1.165) is 12.0 Å². The number of rotatable bonds is 8. The Morgan fingerprint density at radius 2 is 1.85 bits per heavy atom. The largest absolute Gasteiger partial charge is 0.354 e. The molecule has 0 saturated carbocycles. The number of amides is 2. The van der Waals surface area contributed by atoms with Crippen LogP contribution in [0.2, 0.25) is 5.02 Å². The molecule has 0 fully saturated rings. The predicted molar refractivity (Wildman–Crippen MR) is 105 cm³/mol. The Morgan fingerprint density at radius 3 is 2.48 bits per heavy atom. The summed E-state index contributed by atoms with van der Waals surface area (Å²) in [5.74, 6) is -0.763. The zero-order chi connectivity index (χ0) is 19.8. The Kier molecular flexibility index (Phi) is 7.80. The van der Waals surface area contributed by atoms with Crippen molar-refractivity contribution in [1.82, 2.24) is 10.2 Å². The monoisotopic (exact) mass is 390 g/mol. The Bertz CT molecular complexity index is 780. The summed E-state index contributed by atoms with van der Waals surface area (Å²) < 4.78 is 13.1. The third-order valence-corrected chi connectivity index (χ3v) is 4.46. The summed E-state index contributed by atoms with van der Waals surface area (Å²) in [6.07, 6.45) is 0.905. The average Bonchev–Trinajstić information content (AvgIpc) is 2.65. The second kappa shape index (κ2) is 10.1. The molecule has 6 heteroatoms. The molecule has 1 N–H and O–H groups in total.